The first-order valence-electron chi connectivity index (χ1n) is 8.36. The van der Waals surface area contributed by atoms with Crippen LogP contribution in [0, 0.1) is 6.92 Å². The van der Waals surface area contributed by atoms with Gasteiger partial charge in [-0.3, -0.25) is 4.98 Å². The molecular formula is C20H15N3O2S. The molecule has 0 radical (unpaired) electrons. The smallest absolute Gasteiger partial charge is 0.408 e. The molecule has 0 spiro atoms. The maximum Gasteiger partial charge on any atom is 0.417 e. The van der Waals surface area contributed by atoms with Crippen molar-refractivity contribution in [2.45, 2.75) is 20.3 Å². The van der Waals surface area contributed by atoms with Crippen LogP contribution in [-0.2, 0) is 6.42 Å². The molecule has 1 aliphatic rings. The standard InChI is InChI=1S/C20H15N3O2S/c1-10-7-12-8-15-16(25-20(24)21-15)9-14(12)18(23-22-10)19-11(2)13-5-3-4-6-17(13)26-19/h3-6,8-9H,7H2,1-2H3,(H,21,24). The monoisotopic (exact) mass is 361 g/mol. The van der Waals surface area contributed by atoms with Crippen LogP contribution in [0.3, 0.4) is 0 Å². The molecule has 5 nitrogen and oxygen atoms in total. The summed E-state index contributed by atoms with van der Waals surface area (Å²) in [5, 5.41) is 10.2. The number of nitrogens with one attached hydrogen (secondary N) is 1. The zero-order valence-electron chi connectivity index (χ0n) is 14.3. The molecule has 0 atom stereocenters. The van der Waals surface area contributed by atoms with Crippen molar-refractivity contribution in [3.8, 4) is 0 Å². The van der Waals surface area contributed by atoms with Gasteiger partial charge >= 0.3 is 5.76 Å². The number of hydrogen-bond acceptors (Lipinski definition) is 5. The van der Waals surface area contributed by atoms with E-state index < -0.39 is 5.76 Å². The molecule has 1 aliphatic heterocycles. The third kappa shape index (κ3) is 2.26. The topological polar surface area (TPSA) is 70.7 Å². The molecule has 0 aliphatic carbocycles. The van der Waals surface area contributed by atoms with Gasteiger partial charge in [0.1, 0.15) is 5.71 Å². The summed E-state index contributed by atoms with van der Waals surface area (Å²) in [7, 11) is 0. The van der Waals surface area contributed by atoms with Crippen LogP contribution in [0.2, 0.25) is 0 Å². The first-order chi connectivity index (χ1) is 12.6. The molecule has 26 heavy (non-hydrogen) atoms. The summed E-state index contributed by atoms with van der Waals surface area (Å²) in [5.74, 6) is -0.443. The van der Waals surface area contributed by atoms with Crippen LogP contribution in [-0.4, -0.2) is 16.4 Å². The number of H-pyrrole nitrogens is 1. The second-order valence-corrected chi connectivity index (χ2v) is 7.59. The predicted molar refractivity (Wildman–Crippen MR) is 106 cm³/mol. The SMILES string of the molecule is CC1=NN=C(c2sc3ccccc3c2C)c2cc3oc(=O)[nH]c3cc2C1. The predicted octanol–water partition coefficient (Wildman–Crippen LogP) is 4.41. The van der Waals surface area contributed by atoms with Crippen molar-refractivity contribution in [1.82, 2.24) is 4.98 Å². The Morgan fingerprint density at radius 3 is 2.85 bits per heavy atom. The first-order valence-corrected chi connectivity index (χ1v) is 9.17. The number of aromatic amines is 1. The van der Waals surface area contributed by atoms with Gasteiger partial charge < -0.3 is 4.42 Å². The zero-order valence-corrected chi connectivity index (χ0v) is 15.1. The number of thiophene rings is 1. The molecule has 6 heteroatoms. The number of aromatic nitrogens is 1. The first kappa shape index (κ1) is 15.3. The van der Waals surface area contributed by atoms with E-state index in [1.54, 1.807) is 11.3 Å². The maximum atomic E-state index is 11.6. The van der Waals surface area contributed by atoms with Crippen molar-refractivity contribution < 1.29 is 4.42 Å². The van der Waals surface area contributed by atoms with Gasteiger partial charge in [-0.1, -0.05) is 18.2 Å². The normalized spacial score (nSPS) is 14.2. The van der Waals surface area contributed by atoms with Crippen LogP contribution in [0.4, 0.5) is 0 Å². The average molecular weight is 361 g/mol. The summed E-state index contributed by atoms with van der Waals surface area (Å²) in [6.07, 6.45) is 0.690. The summed E-state index contributed by atoms with van der Waals surface area (Å²) in [4.78, 5) is 15.4. The van der Waals surface area contributed by atoms with Crippen molar-refractivity contribution in [2.24, 2.45) is 10.2 Å². The lowest BCUT2D eigenvalue weighted by molar-refractivity contribution is 0.555. The molecule has 1 N–H and O–H groups in total. The summed E-state index contributed by atoms with van der Waals surface area (Å²) < 4.78 is 6.50. The molecule has 2 aromatic heterocycles. The molecule has 128 valence electrons. The highest BCUT2D eigenvalue weighted by Crippen LogP contribution is 2.34. The van der Waals surface area contributed by atoms with E-state index in [2.05, 4.69) is 40.3 Å². The van der Waals surface area contributed by atoms with E-state index in [0.717, 1.165) is 27.4 Å². The van der Waals surface area contributed by atoms with Crippen LogP contribution in [0.25, 0.3) is 21.2 Å². The van der Waals surface area contributed by atoms with Crippen molar-refractivity contribution >= 4 is 43.9 Å². The zero-order chi connectivity index (χ0) is 17.8. The van der Waals surface area contributed by atoms with Gasteiger partial charge in [0.2, 0.25) is 0 Å². The fourth-order valence-corrected chi connectivity index (χ4v) is 4.69. The van der Waals surface area contributed by atoms with Crippen LogP contribution in [0.1, 0.15) is 28.5 Å². The van der Waals surface area contributed by atoms with Crippen LogP contribution in [0.15, 0.2) is 55.8 Å². The number of fused-ring (bicyclic) bond motifs is 3. The Morgan fingerprint density at radius 1 is 1.15 bits per heavy atom. The number of rotatable bonds is 1. The van der Waals surface area contributed by atoms with Gasteiger partial charge in [-0.15, -0.1) is 16.4 Å². The Morgan fingerprint density at radius 2 is 2.00 bits per heavy atom. The van der Waals surface area contributed by atoms with Crippen LogP contribution < -0.4 is 5.76 Å². The lowest BCUT2D eigenvalue weighted by atomic mass is 9.96. The van der Waals surface area contributed by atoms with Crippen molar-refractivity contribution in [3.63, 3.8) is 0 Å². The highest BCUT2D eigenvalue weighted by atomic mass is 32.1. The Labute approximate surface area is 152 Å². The van der Waals surface area contributed by atoms with Crippen LogP contribution >= 0.6 is 11.3 Å². The number of oxazole rings is 1. The van der Waals surface area contributed by atoms with Crippen molar-refractivity contribution in [3.05, 3.63) is 68.5 Å². The fourth-order valence-electron chi connectivity index (χ4n) is 3.48. The second-order valence-electron chi connectivity index (χ2n) is 6.53. The van der Waals surface area contributed by atoms with E-state index in [4.69, 9.17) is 4.42 Å². The molecule has 2 aromatic carbocycles. The van der Waals surface area contributed by atoms with Gasteiger partial charge in [0.05, 0.1) is 10.4 Å². The van der Waals surface area contributed by atoms with Gasteiger partial charge in [0.15, 0.2) is 5.58 Å². The second kappa shape index (κ2) is 5.51. The number of benzene rings is 2. The molecule has 0 amide bonds. The molecule has 3 heterocycles. The van der Waals surface area contributed by atoms with Crippen LogP contribution in [0.5, 0.6) is 0 Å². The molecule has 0 unspecified atom stereocenters. The Kier molecular flexibility index (Phi) is 3.24. The lowest BCUT2D eigenvalue weighted by Crippen LogP contribution is -2.06. The van der Waals surface area contributed by atoms with Gasteiger partial charge in [0.25, 0.3) is 0 Å². The Bertz CT molecular complexity index is 1300. The minimum Gasteiger partial charge on any atom is -0.408 e. The summed E-state index contributed by atoms with van der Waals surface area (Å²) in [5.41, 5.74) is 6.27. The third-order valence-corrected chi connectivity index (χ3v) is 6.01. The average Bonchev–Trinajstić information content (AvgIpc) is 3.09. The van der Waals surface area contributed by atoms with Crippen molar-refractivity contribution in [2.75, 3.05) is 0 Å². The minimum atomic E-state index is -0.443. The largest absolute Gasteiger partial charge is 0.417 e. The van der Waals surface area contributed by atoms with E-state index in [1.165, 1.54) is 15.6 Å². The van der Waals surface area contributed by atoms with E-state index in [1.807, 2.05) is 25.1 Å². The molecule has 5 rings (SSSR count). The van der Waals surface area contributed by atoms with E-state index in [-0.39, 0.29) is 0 Å². The summed E-state index contributed by atoms with van der Waals surface area (Å²) in [6, 6.07) is 12.2. The highest BCUT2D eigenvalue weighted by Gasteiger charge is 2.22. The van der Waals surface area contributed by atoms with Gasteiger partial charge in [0, 0.05) is 22.4 Å². The molecule has 4 aromatic rings. The Balaban J connectivity index is 1.82. The summed E-state index contributed by atoms with van der Waals surface area (Å²) in [6.45, 7) is 4.09. The molecular weight excluding hydrogens is 346 g/mol. The lowest BCUT2D eigenvalue weighted by Gasteiger charge is -2.08. The molecule has 0 bridgehead atoms. The maximum absolute atomic E-state index is 11.6. The van der Waals surface area contributed by atoms with Crippen molar-refractivity contribution in [1.29, 1.82) is 0 Å². The third-order valence-electron chi connectivity index (χ3n) is 4.73. The Hall–Kier alpha value is -2.99. The minimum absolute atomic E-state index is 0.443. The number of nitrogens with zero attached hydrogens (tertiary/aromatic N) is 2. The van der Waals surface area contributed by atoms with E-state index in [0.29, 0.717) is 17.5 Å². The number of aryl methyl sites for hydroxylation is 1. The molecule has 0 fully saturated rings. The quantitative estimate of drug-likeness (QED) is 0.545. The fraction of sp³-hybridized carbons (Fsp3) is 0.150. The van der Waals surface area contributed by atoms with Gasteiger partial charge in [-0.2, -0.15) is 5.10 Å². The number of hydrogen-bond donors (Lipinski definition) is 1. The van der Waals surface area contributed by atoms with E-state index >= 15 is 0 Å². The van der Waals surface area contributed by atoms with E-state index in [9.17, 15) is 4.79 Å². The molecule has 0 saturated carbocycles. The summed E-state index contributed by atoms with van der Waals surface area (Å²) >= 11 is 1.71. The molecule has 0 saturated heterocycles. The van der Waals surface area contributed by atoms with Gasteiger partial charge in [-0.25, -0.2) is 4.79 Å². The van der Waals surface area contributed by atoms with Gasteiger partial charge in [-0.05, 0) is 48.6 Å². The highest BCUT2D eigenvalue weighted by molar-refractivity contribution is 7.21.